The number of nitrogens with one attached hydrogen (secondary N) is 1. The molecule has 0 saturated heterocycles. The summed E-state index contributed by atoms with van der Waals surface area (Å²) in [5.74, 6) is 0.512. The first kappa shape index (κ1) is 14.8. The normalized spacial score (nSPS) is 10.7. The van der Waals surface area contributed by atoms with E-state index >= 15 is 0 Å². The molecule has 5 heteroatoms. The van der Waals surface area contributed by atoms with Gasteiger partial charge in [-0.05, 0) is 19.4 Å². The van der Waals surface area contributed by atoms with Crippen LogP contribution in [0, 0.1) is 6.92 Å². The summed E-state index contributed by atoms with van der Waals surface area (Å²) in [7, 11) is 0. The lowest BCUT2D eigenvalue weighted by Crippen LogP contribution is -2.16. The number of ether oxygens (including phenoxy) is 1. The number of hydrogen-bond donors (Lipinski definition) is 1. The van der Waals surface area contributed by atoms with E-state index in [-0.39, 0.29) is 5.69 Å². The maximum atomic E-state index is 11.7. The zero-order valence-corrected chi connectivity index (χ0v) is 12.5. The van der Waals surface area contributed by atoms with Gasteiger partial charge in [-0.2, -0.15) is 4.98 Å². The SMILES string of the molecule is CCOCSc1nc(=O)[nH]c(Cc2ccccc2)c1C. The lowest BCUT2D eigenvalue weighted by Gasteiger charge is -2.09. The molecule has 0 saturated carbocycles. The zero-order chi connectivity index (χ0) is 14.4. The second kappa shape index (κ2) is 7.26. The van der Waals surface area contributed by atoms with Crippen molar-refractivity contribution in [3.05, 3.63) is 57.6 Å². The van der Waals surface area contributed by atoms with Crippen molar-refractivity contribution in [3.8, 4) is 0 Å². The first-order valence-corrected chi connectivity index (χ1v) is 7.53. The van der Waals surface area contributed by atoms with E-state index in [2.05, 4.69) is 9.97 Å². The van der Waals surface area contributed by atoms with Gasteiger partial charge in [0.15, 0.2) is 0 Å². The van der Waals surface area contributed by atoms with E-state index in [0.29, 0.717) is 19.0 Å². The van der Waals surface area contributed by atoms with Crippen LogP contribution in [-0.4, -0.2) is 22.5 Å². The van der Waals surface area contributed by atoms with E-state index in [1.54, 1.807) is 0 Å². The highest BCUT2D eigenvalue weighted by atomic mass is 32.2. The average Bonchev–Trinajstić information content (AvgIpc) is 2.45. The molecule has 1 aromatic heterocycles. The summed E-state index contributed by atoms with van der Waals surface area (Å²) >= 11 is 1.46. The Labute approximate surface area is 122 Å². The van der Waals surface area contributed by atoms with Crippen LogP contribution in [0.2, 0.25) is 0 Å². The topological polar surface area (TPSA) is 55.0 Å². The van der Waals surface area contributed by atoms with E-state index in [1.807, 2.05) is 44.2 Å². The Kier molecular flexibility index (Phi) is 5.38. The van der Waals surface area contributed by atoms with Crippen molar-refractivity contribution in [1.29, 1.82) is 0 Å². The Hall–Kier alpha value is -1.59. The maximum absolute atomic E-state index is 11.7. The van der Waals surface area contributed by atoms with Crippen LogP contribution in [0.15, 0.2) is 40.2 Å². The van der Waals surface area contributed by atoms with Gasteiger partial charge in [0.2, 0.25) is 0 Å². The Morgan fingerprint density at radius 3 is 2.75 bits per heavy atom. The van der Waals surface area contributed by atoms with Crippen molar-refractivity contribution in [2.24, 2.45) is 0 Å². The summed E-state index contributed by atoms with van der Waals surface area (Å²) in [6, 6.07) is 10.1. The molecule has 0 aliphatic carbocycles. The van der Waals surface area contributed by atoms with Gasteiger partial charge in [0.25, 0.3) is 0 Å². The van der Waals surface area contributed by atoms with Crippen molar-refractivity contribution < 1.29 is 4.74 Å². The number of nitrogens with zero attached hydrogens (tertiary/aromatic N) is 1. The van der Waals surface area contributed by atoms with E-state index in [0.717, 1.165) is 16.3 Å². The van der Waals surface area contributed by atoms with Gasteiger partial charge in [-0.25, -0.2) is 4.79 Å². The molecule has 1 aromatic carbocycles. The van der Waals surface area contributed by atoms with Crippen molar-refractivity contribution in [3.63, 3.8) is 0 Å². The molecule has 1 N–H and O–H groups in total. The molecule has 0 radical (unpaired) electrons. The number of benzene rings is 1. The molecule has 0 unspecified atom stereocenters. The third kappa shape index (κ3) is 3.95. The first-order chi connectivity index (χ1) is 9.70. The molecule has 0 spiro atoms. The predicted octanol–water partition coefficient (Wildman–Crippen LogP) is 2.76. The molecule has 0 atom stereocenters. The van der Waals surface area contributed by atoms with Crippen molar-refractivity contribution in [1.82, 2.24) is 9.97 Å². The van der Waals surface area contributed by atoms with Crippen LogP contribution < -0.4 is 5.69 Å². The lowest BCUT2D eigenvalue weighted by molar-refractivity contribution is 0.199. The van der Waals surface area contributed by atoms with Crippen LogP contribution in [0.1, 0.15) is 23.7 Å². The summed E-state index contributed by atoms with van der Waals surface area (Å²) < 4.78 is 5.30. The van der Waals surface area contributed by atoms with Crippen molar-refractivity contribution >= 4 is 11.8 Å². The molecule has 20 heavy (non-hydrogen) atoms. The number of aromatic amines is 1. The number of aromatic nitrogens is 2. The molecule has 4 nitrogen and oxygen atoms in total. The summed E-state index contributed by atoms with van der Waals surface area (Å²) in [5.41, 5.74) is 2.78. The number of H-pyrrole nitrogens is 1. The number of rotatable bonds is 6. The molecule has 0 bridgehead atoms. The molecule has 2 rings (SSSR count). The molecule has 1 heterocycles. The smallest absolute Gasteiger partial charge is 0.346 e. The van der Waals surface area contributed by atoms with E-state index in [9.17, 15) is 4.79 Å². The van der Waals surface area contributed by atoms with Gasteiger partial charge in [-0.15, -0.1) is 0 Å². The Bertz CT molecular complexity index is 611. The minimum atomic E-state index is -0.305. The quantitative estimate of drug-likeness (QED) is 0.385. The molecular formula is C15H18N2O2S. The van der Waals surface area contributed by atoms with Crippen LogP contribution in [0.5, 0.6) is 0 Å². The fourth-order valence-electron chi connectivity index (χ4n) is 1.85. The standard InChI is InChI=1S/C15H18N2O2S/c1-3-19-10-20-14-11(2)13(16-15(18)17-14)9-12-7-5-4-6-8-12/h4-8H,3,9-10H2,1-2H3,(H,16,17,18). The van der Waals surface area contributed by atoms with Crippen LogP contribution in [-0.2, 0) is 11.2 Å². The molecule has 0 aliphatic rings. The molecular weight excluding hydrogens is 272 g/mol. The van der Waals surface area contributed by atoms with Gasteiger partial charge in [-0.3, -0.25) is 0 Å². The van der Waals surface area contributed by atoms with Crippen LogP contribution in [0.3, 0.4) is 0 Å². The minimum absolute atomic E-state index is 0.305. The third-order valence-electron chi connectivity index (χ3n) is 2.94. The predicted molar refractivity (Wildman–Crippen MR) is 81.2 cm³/mol. The minimum Gasteiger partial charge on any atom is -0.371 e. The van der Waals surface area contributed by atoms with E-state index in [1.165, 1.54) is 17.3 Å². The number of hydrogen-bond acceptors (Lipinski definition) is 4. The fourth-order valence-corrected chi connectivity index (χ4v) is 2.70. The molecule has 2 aromatic rings. The monoisotopic (exact) mass is 290 g/mol. The van der Waals surface area contributed by atoms with E-state index < -0.39 is 0 Å². The Balaban J connectivity index is 2.22. The second-order valence-electron chi connectivity index (χ2n) is 4.37. The fraction of sp³-hybridized carbons (Fsp3) is 0.333. The Morgan fingerprint density at radius 1 is 1.30 bits per heavy atom. The van der Waals surface area contributed by atoms with Gasteiger partial charge in [-0.1, -0.05) is 42.1 Å². The maximum Gasteiger partial charge on any atom is 0.346 e. The first-order valence-electron chi connectivity index (χ1n) is 6.55. The molecule has 106 valence electrons. The van der Waals surface area contributed by atoms with Gasteiger partial charge >= 0.3 is 5.69 Å². The van der Waals surface area contributed by atoms with Crippen molar-refractivity contribution in [2.75, 3.05) is 12.5 Å². The van der Waals surface area contributed by atoms with Gasteiger partial charge in [0.1, 0.15) is 5.03 Å². The molecule has 0 amide bonds. The van der Waals surface area contributed by atoms with Gasteiger partial charge < -0.3 is 9.72 Å². The van der Waals surface area contributed by atoms with Crippen LogP contribution >= 0.6 is 11.8 Å². The zero-order valence-electron chi connectivity index (χ0n) is 11.7. The summed E-state index contributed by atoms with van der Waals surface area (Å²) in [5, 5.41) is 0.744. The van der Waals surface area contributed by atoms with Crippen molar-refractivity contribution in [2.45, 2.75) is 25.3 Å². The van der Waals surface area contributed by atoms with E-state index in [4.69, 9.17) is 4.74 Å². The largest absolute Gasteiger partial charge is 0.371 e. The highest BCUT2D eigenvalue weighted by molar-refractivity contribution is 7.99. The molecule has 0 fully saturated rings. The lowest BCUT2D eigenvalue weighted by atomic mass is 10.1. The molecule has 0 aliphatic heterocycles. The highest BCUT2D eigenvalue weighted by Gasteiger charge is 2.09. The average molecular weight is 290 g/mol. The summed E-state index contributed by atoms with van der Waals surface area (Å²) in [6.45, 7) is 4.58. The summed E-state index contributed by atoms with van der Waals surface area (Å²) in [6.07, 6.45) is 0.701. The third-order valence-corrected chi connectivity index (χ3v) is 3.90. The number of thioether (sulfide) groups is 1. The Morgan fingerprint density at radius 2 is 2.05 bits per heavy atom. The van der Waals surface area contributed by atoms with Gasteiger partial charge in [0, 0.05) is 24.3 Å². The van der Waals surface area contributed by atoms with Crippen LogP contribution in [0.4, 0.5) is 0 Å². The highest BCUT2D eigenvalue weighted by Crippen LogP contribution is 2.21. The summed E-state index contributed by atoms with van der Waals surface area (Å²) in [4.78, 5) is 18.5. The van der Waals surface area contributed by atoms with Gasteiger partial charge in [0.05, 0.1) is 5.94 Å². The van der Waals surface area contributed by atoms with Crippen LogP contribution in [0.25, 0.3) is 0 Å². The second-order valence-corrected chi connectivity index (χ2v) is 5.28.